The van der Waals surface area contributed by atoms with Crippen LogP contribution >= 0.6 is 0 Å². The van der Waals surface area contributed by atoms with Crippen LogP contribution in [0.5, 0.6) is 17.5 Å². The highest BCUT2D eigenvalue weighted by molar-refractivity contribution is 5.93. The molecule has 4 aliphatic heterocycles. The molecule has 4 N–H and O–H groups in total. The number of nitrogens with one attached hydrogen (secondary N) is 2. The number of likely N-dealkylation sites (N-methyl/N-ethyl adjacent to an activating group) is 1. The van der Waals surface area contributed by atoms with Crippen LogP contribution in [-0.4, -0.2) is 150 Å². The van der Waals surface area contributed by atoms with Crippen molar-refractivity contribution in [1.82, 2.24) is 55.0 Å². The first-order valence-electron chi connectivity index (χ1n) is 24.7. The van der Waals surface area contributed by atoms with Gasteiger partial charge < -0.3 is 30.5 Å². The van der Waals surface area contributed by atoms with Crippen molar-refractivity contribution in [1.29, 1.82) is 0 Å². The lowest BCUT2D eigenvalue weighted by atomic mass is 9.98. The maximum atomic E-state index is 16.6. The molecule has 20 heteroatoms. The van der Waals surface area contributed by atoms with E-state index in [1.807, 2.05) is 52.0 Å². The van der Waals surface area contributed by atoms with Crippen molar-refractivity contribution < 1.29 is 37.3 Å². The number of anilines is 1. The van der Waals surface area contributed by atoms with E-state index >= 15 is 4.39 Å². The van der Waals surface area contributed by atoms with Crippen LogP contribution < -0.4 is 20.3 Å². The summed E-state index contributed by atoms with van der Waals surface area (Å²) in [6, 6.07) is 16.3. The molecule has 72 heavy (non-hydrogen) atoms. The molecule has 4 aliphatic rings. The number of fused-ring (bicyclic) bond motifs is 3. The number of piperazine rings is 2. The first-order chi connectivity index (χ1) is 34.5. The number of pyridine rings is 1. The number of carbonyl (C=O) groups is 1. The number of likely N-dealkylation sites (tertiary alicyclic amines) is 1. The van der Waals surface area contributed by atoms with E-state index in [0.29, 0.717) is 41.1 Å². The van der Waals surface area contributed by atoms with Crippen molar-refractivity contribution in [2.24, 2.45) is 0 Å². The predicted molar refractivity (Wildman–Crippen MR) is 264 cm³/mol. The van der Waals surface area contributed by atoms with E-state index in [4.69, 9.17) is 9.72 Å². The molecule has 7 heterocycles. The number of phenols is 2. The molecule has 1 amide bonds. The third-order valence-corrected chi connectivity index (χ3v) is 14.5. The van der Waals surface area contributed by atoms with Gasteiger partial charge in [-0.25, -0.2) is 4.39 Å². The van der Waals surface area contributed by atoms with Gasteiger partial charge in [-0.15, -0.1) is 10.2 Å². The van der Waals surface area contributed by atoms with Crippen LogP contribution in [0.15, 0.2) is 66.9 Å². The Kier molecular flexibility index (Phi) is 13.5. The van der Waals surface area contributed by atoms with E-state index < -0.39 is 29.2 Å². The normalized spacial score (nSPS) is 21.1. The molecule has 0 spiro atoms. The zero-order chi connectivity index (χ0) is 50.6. The lowest BCUT2D eigenvalue weighted by Crippen LogP contribution is -2.51. The van der Waals surface area contributed by atoms with Crippen molar-refractivity contribution in [3.63, 3.8) is 0 Å². The molecule has 2 unspecified atom stereocenters. The molecule has 3 aromatic heterocycles. The number of halogens is 4. The summed E-state index contributed by atoms with van der Waals surface area (Å²) in [5.41, 5.74) is 0.792. The molecule has 16 nitrogen and oxygen atoms in total. The Hall–Kier alpha value is -6.48. The number of aromatic hydroxyl groups is 2. The maximum Gasteiger partial charge on any atom is 0.417 e. The van der Waals surface area contributed by atoms with Crippen molar-refractivity contribution in [2.45, 2.75) is 95.8 Å². The standard InChI is InChI=1S/C52H60F4N12O4/c1-29(2)38-21-39(43(70)22-42(38)69)48-62-63-49(50(71)58-30(3)4)68(48)34-14-10-31(11-15-34)24-65-16-18-66(19-17-65)35-20-36(64(5)27-35)28-72-51-60-46-40(47(61-51)67-25-32-12-13-33(26-67)59-32)23-57-45(44(46)53)37-8-6-7-9-41(37)52(54,55)56/h6-11,14-15,21-23,29-30,32-33,35-36,59,69-70H,12-13,16-20,24-28H2,1-5H3,(H,58,71)/t32?,33?,35-,36-/m0/s1. The molecule has 4 saturated heterocycles. The van der Waals surface area contributed by atoms with Crippen molar-refractivity contribution in [3.05, 3.63) is 95.2 Å². The lowest BCUT2D eigenvalue weighted by molar-refractivity contribution is -0.137. The summed E-state index contributed by atoms with van der Waals surface area (Å²) >= 11 is 0. The molecular weight excluding hydrogens is 933 g/mol. The number of nitrogens with zero attached hydrogens (tertiary/aromatic N) is 10. The van der Waals surface area contributed by atoms with Gasteiger partial charge in [-0.3, -0.25) is 29.0 Å². The quantitative estimate of drug-likeness (QED) is 0.0874. The average molecular weight is 993 g/mol. The third-order valence-electron chi connectivity index (χ3n) is 14.5. The number of hydrogen-bond donors (Lipinski definition) is 4. The molecule has 4 atom stereocenters. The Bertz CT molecular complexity index is 2950. The molecular formula is C52H60F4N12O4. The number of ether oxygens (including phenoxy) is 1. The largest absolute Gasteiger partial charge is 0.508 e. The number of amides is 1. The summed E-state index contributed by atoms with van der Waals surface area (Å²) in [7, 11) is 2.06. The van der Waals surface area contributed by atoms with Gasteiger partial charge in [0, 0.05) is 106 Å². The second kappa shape index (κ2) is 19.8. The van der Waals surface area contributed by atoms with Gasteiger partial charge in [-0.2, -0.15) is 23.1 Å². The van der Waals surface area contributed by atoms with Crippen LogP contribution in [0.3, 0.4) is 0 Å². The van der Waals surface area contributed by atoms with Crippen LogP contribution in [0, 0.1) is 5.82 Å². The second-order valence-corrected chi connectivity index (χ2v) is 20.3. The maximum absolute atomic E-state index is 16.6. The number of aromatic nitrogens is 6. The molecule has 6 aromatic rings. The van der Waals surface area contributed by atoms with Gasteiger partial charge in [0.1, 0.15) is 35.1 Å². The minimum atomic E-state index is -4.71. The Morgan fingerprint density at radius 2 is 1.62 bits per heavy atom. The van der Waals surface area contributed by atoms with Gasteiger partial charge in [-0.1, -0.05) is 44.2 Å². The number of rotatable bonds is 13. The SMILES string of the molecule is CC(C)NC(=O)c1nnc(-c2cc(C(C)C)c(O)cc2O)n1-c1ccc(CN2CCN([C@H]3C[C@@H](COc4nc(N5CC6CCC(C5)N6)c5cnc(-c6ccccc6C(F)(F)F)c(F)c5n4)N(C)C3)CC2)cc1. The molecule has 0 radical (unpaired) electrons. The van der Waals surface area contributed by atoms with E-state index in [0.717, 1.165) is 70.2 Å². The summed E-state index contributed by atoms with van der Waals surface area (Å²) < 4.78 is 66.9. The highest BCUT2D eigenvalue weighted by atomic mass is 19.4. The first kappa shape index (κ1) is 49.1. The topological polar surface area (TPSA) is 173 Å². The molecule has 10 rings (SSSR count). The van der Waals surface area contributed by atoms with E-state index in [1.165, 1.54) is 30.5 Å². The van der Waals surface area contributed by atoms with E-state index in [-0.39, 0.29) is 83.0 Å². The Balaban J connectivity index is 0.805. The van der Waals surface area contributed by atoms with Crippen molar-refractivity contribution >= 4 is 22.6 Å². The summed E-state index contributed by atoms with van der Waals surface area (Å²) in [6.45, 7) is 14.1. The summed E-state index contributed by atoms with van der Waals surface area (Å²) in [5, 5.41) is 37.0. The fraction of sp³-hybridized carbons (Fsp3) is 0.462. The monoisotopic (exact) mass is 992 g/mol. The average Bonchev–Trinajstić information content (AvgIpc) is 4.06. The molecule has 380 valence electrons. The minimum absolute atomic E-state index is 0.0132. The minimum Gasteiger partial charge on any atom is -0.508 e. The lowest BCUT2D eigenvalue weighted by Gasteiger charge is -2.38. The third kappa shape index (κ3) is 9.88. The summed E-state index contributed by atoms with van der Waals surface area (Å²) in [4.78, 5) is 36.3. The summed E-state index contributed by atoms with van der Waals surface area (Å²) in [5.74, 6) is -0.815. The fourth-order valence-electron chi connectivity index (χ4n) is 10.8. The molecule has 4 fully saturated rings. The van der Waals surface area contributed by atoms with Gasteiger partial charge in [0.15, 0.2) is 11.6 Å². The van der Waals surface area contributed by atoms with Gasteiger partial charge in [-0.05, 0) is 81.5 Å². The smallest absolute Gasteiger partial charge is 0.417 e. The zero-order valence-electron chi connectivity index (χ0n) is 41.0. The second-order valence-electron chi connectivity index (χ2n) is 20.3. The highest BCUT2D eigenvalue weighted by Gasteiger charge is 2.38. The fourth-order valence-corrected chi connectivity index (χ4v) is 10.8. The summed E-state index contributed by atoms with van der Waals surface area (Å²) in [6.07, 6.45) is -0.493. The van der Waals surface area contributed by atoms with E-state index in [9.17, 15) is 28.2 Å². The van der Waals surface area contributed by atoms with E-state index in [1.54, 1.807) is 10.6 Å². The van der Waals surface area contributed by atoms with Crippen LogP contribution in [0.25, 0.3) is 39.2 Å². The van der Waals surface area contributed by atoms with Crippen molar-refractivity contribution in [3.8, 4) is 45.8 Å². The zero-order valence-corrected chi connectivity index (χ0v) is 41.0. The molecule has 2 bridgehead atoms. The van der Waals surface area contributed by atoms with Gasteiger partial charge in [0.2, 0.25) is 5.82 Å². The van der Waals surface area contributed by atoms with Crippen LogP contribution in [-0.2, 0) is 12.7 Å². The molecule has 0 saturated carbocycles. The van der Waals surface area contributed by atoms with Gasteiger partial charge >= 0.3 is 12.2 Å². The number of hydrogen-bond acceptors (Lipinski definition) is 14. The number of carbonyl (C=O) groups excluding carboxylic acids is 1. The van der Waals surface area contributed by atoms with Crippen molar-refractivity contribution in [2.75, 3.05) is 64.4 Å². The van der Waals surface area contributed by atoms with Gasteiger partial charge in [0.25, 0.3) is 5.91 Å². The molecule has 3 aromatic carbocycles. The molecule has 0 aliphatic carbocycles. The highest BCUT2D eigenvalue weighted by Crippen LogP contribution is 2.41. The van der Waals surface area contributed by atoms with Crippen LogP contribution in [0.1, 0.15) is 80.2 Å². The number of alkyl halides is 3. The predicted octanol–water partition coefficient (Wildman–Crippen LogP) is 6.98. The van der Waals surface area contributed by atoms with Crippen LogP contribution in [0.4, 0.5) is 23.4 Å². The van der Waals surface area contributed by atoms with E-state index in [2.05, 4.69) is 57.4 Å². The Morgan fingerprint density at radius 1 is 0.903 bits per heavy atom. The Morgan fingerprint density at radius 3 is 2.32 bits per heavy atom. The Labute approximate surface area is 415 Å². The van der Waals surface area contributed by atoms with Crippen LogP contribution in [0.2, 0.25) is 0 Å². The number of phenolic OH excluding ortho intramolecular Hbond substituents is 2. The number of benzene rings is 3. The van der Waals surface area contributed by atoms with Gasteiger partial charge in [0.05, 0.1) is 16.5 Å². The first-order valence-corrected chi connectivity index (χ1v) is 24.7.